The lowest BCUT2D eigenvalue weighted by Crippen LogP contribution is -2.34. The molecule has 6 heteroatoms. The fourth-order valence-corrected chi connectivity index (χ4v) is 5.09. The third-order valence-corrected chi connectivity index (χ3v) is 6.65. The van der Waals surface area contributed by atoms with Gasteiger partial charge in [-0.3, -0.25) is 4.90 Å². The van der Waals surface area contributed by atoms with Crippen LogP contribution in [0, 0.1) is 25.6 Å². The molecule has 0 N–H and O–H groups in total. The van der Waals surface area contributed by atoms with Gasteiger partial charge in [-0.25, -0.2) is 9.07 Å². The first-order valence-electron chi connectivity index (χ1n) is 10.2. The Morgan fingerprint density at radius 1 is 1.21 bits per heavy atom. The summed E-state index contributed by atoms with van der Waals surface area (Å²) < 4.78 is 21.4. The molecule has 4 rings (SSSR count). The topological polar surface area (TPSA) is 30.3 Å². The normalized spacial score (nSPS) is 15.9. The molecule has 0 atom stereocenters. The van der Waals surface area contributed by atoms with Crippen LogP contribution in [0.1, 0.15) is 28.2 Å². The second-order valence-corrected chi connectivity index (χ2v) is 9.36. The van der Waals surface area contributed by atoms with Gasteiger partial charge < -0.3 is 4.74 Å². The number of benzene rings is 1. The third kappa shape index (κ3) is 4.44. The lowest BCUT2D eigenvalue weighted by Gasteiger charge is -2.31. The maximum atomic E-state index is 14.4. The fourth-order valence-electron chi connectivity index (χ4n) is 4.17. The predicted molar refractivity (Wildman–Crippen MR) is 116 cm³/mol. The maximum Gasteiger partial charge on any atom is 0.148 e. The molecule has 0 unspecified atom stereocenters. The molecule has 1 aromatic carbocycles. The molecule has 4 nitrogen and oxygen atoms in total. The minimum Gasteiger partial charge on any atom is -0.384 e. The Balaban J connectivity index is 1.65. The monoisotopic (exact) mass is 413 g/mol. The van der Waals surface area contributed by atoms with Crippen LogP contribution in [0.5, 0.6) is 0 Å². The summed E-state index contributed by atoms with van der Waals surface area (Å²) >= 11 is 1.78. The van der Waals surface area contributed by atoms with Crippen LogP contribution in [0.25, 0.3) is 16.9 Å². The van der Waals surface area contributed by atoms with Gasteiger partial charge in [0.05, 0.1) is 5.69 Å². The summed E-state index contributed by atoms with van der Waals surface area (Å²) in [4.78, 5) is 5.00. The quantitative estimate of drug-likeness (QED) is 0.555. The van der Waals surface area contributed by atoms with Crippen LogP contribution < -0.4 is 0 Å². The molecule has 3 aromatic rings. The number of para-hydroxylation sites is 1. The molecule has 154 valence electrons. The number of piperidine rings is 1. The Morgan fingerprint density at radius 3 is 2.62 bits per heavy atom. The Labute approximate surface area is 175 Å². The molecule has 0 radical (unpaired) electrons. The first kappa shape index (κ1) is 20.3. The Morgan fingerprint density at radius 2 is 1.97 bits per heavy atom. The lowest BCUT2D eigenvalue weighted by molar-refractivity contribution is 0.0969. The van der Waals surface area contributed by atoms with Gasteiger partial charge in [-0.1, -0.05) is 12.1 Å². The summed E-state index contributed by atoms with van der Waals surface area (Å²) in [5.41, 5.74) is 3.77. The minimum absolute atomic E-state index is 0.258. The van der Waals surface area contributed by atoms with E-state index >= 15 is 0 Å². The minimum atomic E-state index is -0.258. The van der Waals surface area contributed by atoms with Crippen LogP contribution in [-0.4, -0.2) is 41.5 Å². The molecule has 0 aliphatic carbocycles. The zero-order valence-corrected chi connectivity index (χ0v) is 18.1. The summed E-state index contributed by atoms with van der Waals surface area (Å²) in [5.74, 6) is 0.394. The maximum absolute atomic E-state index is 14.4. The molecular formula is C23H28FN3OS. The van der Waals surface area contributed by atoms with E-state index in [2.05, 4.69) is 24.8 Å². The third-order valence-electron chi connectivity index (χ3n) is 5.69. The Bertz CT molecular complexity index is 972. The van der Waals surface area contributed by atoms with E-state index in [9.17, 15) is 4.39 Å². The molecule has 1 aliphatic rings. The largest absolute Gasteiger partial charge is 0.384 e. The van der Waals surface area contributed by atoms with Gasteiger partial charge >= 0.3 is 0 Å². The zero-order chi connectivity index (χ0) is 20.4. The first-order valence-corrected chi connectivity index (χ1v) is 11.0. The van der Waals surface area contributed by atoms with Crippen molar-refractivity contribution in [2.45, 2.75) is 33.2 Å². The lowest BCUT2D eigenvalue weighted by atomic mass is 9.97. The molecule has 2 aromatic heterocycles. The number of ether oxygens (including phenoxy) is 1. The van der Waals surface area contributed by atoms with Crippen molar-refractivity contribution in [3.8, 4) is 16.9 Å². The standard InChI is InChI=1S/C23H28FN3OS/c1-16-12-20(17(2)29-16)23-19(13-26-10-8-18(9-11-26)15-28-3)14-27(25-23)22-7-5-4-6-21(22)24/h4-7,12,14,18H,8-11,13,15H2,1-3H3. The number of methoxy groups -OCH3 is 1. The van der Waals surface area contributed by atoms with E-state index in [-0.39, 0.29) is 5.82 Å². The molecule has 0 spiro atoms. The number of aromatic nitrogens is 2. The van der Waals surface area contributed by atoms with Gasteiger partial charge in [0, 0.05) is 47.3 Å². The van der Waals surface area contributed by atoms with Crippen LogP contribution >= 0.6 is 11.3 Å². The average molecular weight is 414 g/mol. The van der Waals surface area contributed by atoms with Crippen LogP contribution in [0.15, 0.2) is 36.5 Å². The molecular weight excluding hydrogens is 385 g/mol. The second kappa shape index (κ2) is 8.78. The highest BCUT2D eigenvalue weighted by Gasteiger charge is 2.23. The second-order valence-electron chi connectivity index (χ2n) is 7.90. The molecule has 1 fully saturated rings. The van der Waals surface area contributed by atoms with E-state index in [1.54, 1.807) is 35.3 Å². The van der Waals surface area contributed by atoms with Crippen LogP contribution in [0.2, 0.25) is 0 Å². The van der Waals surface area contributed by atoms with E-state index in [1.807, 2.05) is 12.3 Å². The van der Waals surface area contributed by atoms with E-state index in [0.717, 1.165) is 55.9 Å². The molecule has 1 aliphatic heterocycles. The summed E-state index contributed by atoms with van der Waals surface area (Å²) in [6, 6.07) is 9.01. The average Bonchev–Trinajstić information content (AvgIpc) is 3.26. The highest BCUT2D eigenvalue weighted by Crippen LogP contribution is 2.33. The Kier molecular flexibility index (Phi) is 6.13. The Hall–Kier alpha value is -2.02. The van der Waals surface area contributed by atoms with Gasteiger partial charge in [0.15, 0.2) is 0 Å². The fraction of sp³-hybridized carbons (Fsp3) is 0.435. The number of hydrogen-bond acceptors (Lipinski definition) is 4. The highest BCUT2D eigenvalue weighted by atomic mass is 32.1. The number of hydrogen-bond donors (Lipinski definition) is 0. The van der Waals surface area contributed by atoms with Crippen LogP contribution in [-0.2, 0) is 11.3 Å². The van der Waals surface area contributed by atoms with Gasteiger partial charge in [-0.15, -0.1) is 11.3 Å². The highest BCUT2D eigenvalue weighted by molar-refractivity contribution is 7.12. The SMILES string of the molecule is COCC1CCN(Cc2cn(-c3ccccc3F)nc2-c2cc(C)sc2C)CC1. The van der Waals surface area contributed by atoms with Crippen molar-refractivity contribution in [3.05, 3.63) is 57.7 Å². The number of thiophene rings is 1. The van der Waals surface area contributed by atoms with Crippen molar-refractivity contribution in [2.75, 3.05) is 26.8 Å². The van der Waals surface area contributed by atoms with E-state index in [0.29, 0.717) is 11.6 Å². The molecule has 3 heterocycles. The summed E-state index contributed by atoms with van der Waals surface area (Å²) in [6.07, 6.45) is 4.31. The number of rotatable bonds is 6. The van der Waals surface area contributed by atoms with Crippen molar-refractivity contribution in [1.82, 2.24) is 14.7 Å². The summed E-state index contributed by atoms with van der Waals surface area (Å²) in [7, 11) is 1.78. The van der Waals surface area contributed by atoms with Gasteiger partial charge in [0.25, 0.3) is 0 Å². The number of aryl methyl sites for hydroxylation is 2. The predicted octanol–water partition coefficient (Wildman–Crippen LogP) is 5.22. The van der Waals surface area contributed by atoms with Crippen molar-refractivity contribution >= 4 is 11.3 Å². The number of likely N-dealkylation sites (tertiary alicyclic amines) is 1. The van der Waals surface area contributed by atoms with Crippen LogP contribution in [0.4, 0.5) is 4.39 Å². The van der Waals surface area contributed by atoms with Crippen molar-refractivity contribution < 1.29 is 9.13 Å². The smallest absolute Gasteiger partial charge is 0.148 e. The molecule has 0 bridgehead atoms. The van der Waals surface area contributed by atoms with Crippen molar-refractivity contribution in [1.29, 1.82) is 0 Å². The molecule has 29 heavy (non-hydrogen) atoms. The van der Waals surface area contributed by atoms with Crippen LogP contribution in [0.3, 0.4) is 0 Å². The van der Waals surface area contributed by atoms with E-state index < -0.39 is 0 Å². The zero-order valence-electron chi connectivity index (χ0n) is 17.3. The van der Waals surface area contributed by atoms with Crippen molar-refractivity contribution in [2.24, 2.45) is 5.92 Å². The summed E-state index contributed by atoms with van der Waals surface area (Å²) in [5, 5.41) is 4.83. The molecule has 0 amide bonds. The van der Waals surface area contributed by atoms with E-state index in [1.165, 1.54) is 15.8 Å². The van der Waals surface area contributed by atoms with Gasteiger partial charge in [0.1, 0.15) is 11.5 Å². The molecule has 0 saturated carbocycles. The number of nitrogens with zero attached hydrogens (tertiary/aromatic N) is 3. The van der Waals surface area contributed by atoms with Gasteiger partial charge in [0.2, 0.25) is 0 Å². The van der Waals surface area contributed by atoms with Crippen molar-refractivity contribution in [3.63, 3.8) is 0 Å². The molecule has 1 saturated heterocycles. The van der Waals surface area contributed by atoms with Gasteiger partial charge in [-0.05, 0) is 63.9 Å². The first-order chi connectivity index (χ1) is 14.0. The number of halogens is 1. The van der Waals surface area contributed by atoms with Gasteiger partial charge in [-0.2, -0.15) is 5.10 Å². The van der Waals surface area contributed by atoms with E-state index in [4.69, 9.17) is 9.84 Å². The summed E-state index contributed by atoms with van der Waals surface area (Å²) in [6.45, 7) is 8.04.